The number of aliphatic hydroxyl groups excluding tert-OH is 1. The lowest BCUT2D eigenvalue weighted by atomic mass is 9.86. The fourth-order valence-electron chi connectivity index (χ4n) is 3.15. The largest absolute Gasteiger partial charge is 0.388 e. The molecule has 1 N–H and O–H groups in total. The SMILES string of the molecule is Cc1cccc([C@H](O)[C@@H](C/C=C/c2ccccc2)c2ccccc2)c1. The van der Waals surface area contributed by atoms with Gasteiger partial charge in [0.2, 0.25) is 0 Å². The third kappa shape index (κ3) is 4.68. The van der Waals surface area contributed by atoms with Crippen molar-refractivity contribution in [1.29, 1.82) is 0 Å². The molecule has 0 unspecified atom stereocenters. The Balaban J connectivity index is 1.84. The van der Waals surface area contributed by atoms with Gasteiger partial charge in [0.15, 0.2) is 0 Å². The molecule has 0 aliphatic carbocycles. The van der Waals surface area contributed by atoms with Gasteiger partial charge in [-0.25, -0.2) is 0 Å². The minimum absolute atomic E-state index is 0.0305. The van der Waals surface area contributed by atoms with Crippen LogP contribution in [0.3, 0.4) is 0 Å². The van der Waals surface area contributed by atoms with Gasteiger partial charge in [0, 0.05) is 5.92 Å². The second kappa shape index (κ2) is 8.46. The van der Waals surface area contributed by atoms with E-state index >= 15 is 0 Å². The van der Waals surface area contributed by atoms with Crippen molar-refractivity contribution >= 4 is 6.08 Å². The first-order chi connectivity index (χ1) is 12.2. The topological polar surface area (TPSA) is 20.2 Å². The molecule has 0 aliphatic heterocycles. The molecule has 25 heavy (non-hydrogen) atoms. The van der Waals surface area contributed by atoms with Crippen LogP contribution in [0, 0.1) is 6.92 Å². The lowest BCUT2D eigenvalue weighted by Crippen LogP contribution is -2.10. The van der Waals surface area contributed by atoms with Gasteiger partial charge in [-0.3, -0.25) is 0 Å². The smallest absolute Gasteiger partial charge is 0.0861 e. The van der Waals surface area contributed by atoms with Crippen LogP contribution in [0.4, 0.5) is 0 Å². The molecule has 0 saturated carbocycles. The van der Waals surface area contributed by atoms with Crippen molar-refractivity contribution in [2.75, 3.05) is 0 Å². The first kappa shape index (κ1) is 17.2. The highest BCUT2D eigenvalue weighted by atomic mass is 16.3. The van der Waals surface area contributed by atoms with Crippen LogP contribution in [-0.4, -0.2) is 5.11 Å². The van der Waals surface area contributed by atoms with Gasteiger partial charge in [-0.05, 0) is 30.0 Å². The molecule has 0 aromatic heterocycles. The Bertz CT molecular complexity index is 806. The molecule has 0 spiro atoms. The molecular formula is C24H24O. The van der Waals surface area contributed by atoms with Crippen LogP contribution in [0.2, 0.25) is 0 Å². The summed E-state index contributed by atoms with van der Waals surface area (Å²) in [6.07, 6.45) is 4.54. The van der Waals surface area contributed by atoms with Gasteiger partial charge in [0.05, 0.1) is 6.10 Å². The van der Waals surface area contributed by atoms with E-state index in [-0.39, 0.29) is 5.92 Å². The third-order valence-electron chi connectivity index (χ3n) is 4.49. The van der Waals surface area contributed by atoms with Crippen LogP contribution in [-0.2, 0) is 0 Å². The van der Waals surface area contributed by atoms with Gasteiger partial charge in [-0.1, -0.05) is 103 Å². The van der Waals surface area contributed by atoms with Gasteiger partial charge in [-0.15, -0.1) is 0 Å². The summed E-state index contributed by atoms with van der Waals surface area (Å²) in [6.45, 7) is 2.06. The van der Waals surface area contributed by atoms with Crippen LogP contribution < -0.4 is 0 Å². The molecule has 3 aromatic carbocycles. The Morgan fingerprint density at radius 1 is 0.800 bits per heavy atom. The van der Waals surface area contributed by atoms with Crippen LogP contribution in [0.1, 0.15) is 40.7 Å². The fourth-order valence-corrected chi connectivity index (χ4v) is 3.15. The Kier molecular flexibility index (Phi) is 5.81. The first-order valence-electron chi connectivity index (χ1n) is 8.75. The Hall–Kier alpha value is -2.64. The predicted octanol–water partition coefficient (Wildman–Crippen LogP) is 5.92. The lowest BCUT2D eigenvalue weighted by molar-refractivity contribution is 0.145. The number of hydrogen-bond acceptors (Lipinski definition) is 1. The number of benzene rings is 3. The van der Waals surface area contributed by atoms with Crippen molar-refractivity contribution < 1.29 is 5.11 Å². The van der Waals surface area contributed by atoms with Gasteiger partial charge >= 0.3 is 0 Å². The summed E-state index contributed by atoms with van der Waals surface area (Å²) in [5.74, 6) is 0.0305. The minimum Gasteiger partial charge on any atom is -0.388 e. The average molecular weight is 328 g/mol. The van der Waals surface area contributed by atoms with Crippen molar-refractivity contribution in [3.63, 3.8) is 0 Å². The second-order valence-corrected chi connectivity index (χ2v) is 6.42. The van der Waals surface area contributed by atoms with Gasteiger partial charge in [0.25, 0.3) is 0 Å². The van der Waals surface area contributed by atoms with E-state index in [1.807, 2.05) is 48.5 Å². The van der Waals surface area contributed by atoms with Crippen LogP contribution in [0.25, 0.3) is 6.08 Å². The van der Waals surface area contributed by atoms with E-state index in [0.29, 0.717) is 0 Å². The number of hydrogen-bond donors (Lipinski definition) is 1. The highest BCUT2D eigenvalue weighted by Crippen LogP contribution is 2.34. The number of aliphatic hydroxyl groups is 1. The quantitative estimate of drug-likeness (QED) is 0.596. The summed E-state index contributed by atoms with van der Waals surface area (Å²) in [6, 6.07) is 28.7. The maximum atomic E-state index is 11.0. The molecule has 0 saturated heterocycles. The van der Waals surface area contributed by atoms with Crippen molar-refractivity contribution in [3.05, 3.63) is 113 Å². The maximum absolute atomic E-state index is 11.0. The third-order valence-corrected chi connectivity index (χ3v) is 4.49. The molecule has 126 valence electrons. The summed E-state index contributed by atoms with van der Waals surface area (Å²) in [5, 5.41) is 11.0. The van der Waals surface area contributed by atoms with E-state index in [1.54, 1.807) is 0 Å². The molecule has 3 rings (SSSR count). The number of rotatable bonds is 6. The normalized spacial score (nSPS) is 13.7. The molecule has 3 aromatic rings. The molecule has 0 aliphatic rings. The molecule has 1 heteroatoms. The number of aryl methyl sites for hydroxylation is 1. The summed E-state index contributed by atoms with van der Waals surface area (Å²) in [5.41, 5.74) is 4.48. The monoisotopic (exact) mass is 328 g/mol. The average Bonchev–Trinajstić information content (AvgIpc) is 2.66. The summed E-state index contributed by atoms with van der Waals surface area (Å²) in [7, 11) is 0. The molecular weight excluding hydrogens is 304 g/mol. The van der Waals surface area contributed by atoms with Crippen LogP contribution >= 0.6 is 0 Å². The minimum atomic E-state index is -0.525. The molecule has 0 radical (unpaired) electrons. The standard InChI is InChI=1S/C24H24O/c1-19-10-8-16-22(18-19)24(25)23(21-14-6-3-7-15-21)17-9-13-20-11-4-2-5-12-20/h2-16,18,23-25H,17H2,1H3/b13-9+/t23-,24-/m0/s1. The highest BCUT2D eigenvalue weighted by molar-refractivity contribution is 5.49. The van der Waals surface area contributed by atoms with E-state index in [9.17, 15) is 5.11 Å². The highest BCUT2D eigenvalue weighted by Gasteiger charge is 2.21. The molecule has 1 nitrogen and oxygen atoms in total. The van der Waals surface area contributed by atoms with E-state index in [1.165, 1.54) is 11.1 Å². The van der Waals surface area contributed by atoms with E-state index in [2.05, 4.69) is 55.5 Å². The van der Waals surface area contributed by atoms with Crippen LogP contribution in [0.5, 0.6) is 0 Å². The molecule has 2 atom stereocenters. The zero-order valence-corrected chi connectivity index (χ0v) is 14.5. The number of allylic oxidation sites excluding steroid dienone is 1. The Morgan fingerprint density at radius 2 is 1.44 bits per heavy atom. The molecule has 0 fully saturated rings. The zero-order chi connectivity index (χ0) is 17.5. The summed E-state index contributed by atoms with van der Waals surface area (Å²) >= 11 is 0. The van der Waals surface area contributed by atoms with Crippen molar-refractivity contribution in [3.8, 4) is 0 Å². The van der Waals surface area contributed by atoms with E-state index in [4.69, 9.17) is 0 Å². The zero-order valence-electron chi connectivity index (χ0n) is 14.5. The first-order valence-corrected chi connectivity index (χ1v) is 8.75. The van der Waals surface area contributed by atoms with Crippen molar-refractivity contribution in [1.82, 2.24) is 0 Å². The van der Waals surface area contributed by atoms with Crippen LogP contribution in [0.15, 0.2) is 91.0 Å². The molecule has 0 amide bonds. The van der Waals surface area contributed by atoms with Crippen molar-refractivity contribution in [2.45, 2.75) is 25.4 Å². The maximum Gasteiger partial charge on any atom is 0.0861 e. The van der Waals surface area contributed by atoms with E-state index < -0.39 is 6.10 Å². The van der Waals surface area contributed by atoms with E-state index in [0.717, 1.165) is 17.5 Å². The van der Waals surface area contributed by atoms with Gasteiger partial charge in [0.1, 0.15) is 0 Å². The molecule has 0 bridgehead atoms. The molecule has 0 heterocycles. The summed E-state index contributed by atoms with van der Waals surface area (Å²) in [4.78, 5) is 0. The second-order valence-electron chi connectivity index (χ2n) is 6.42. The summed E-state index contributed by atoms with van der Waals surface area (Å²) < 4.78 is 0. The Morgan fingerprint density at radius 3 is 2.12 bits per heavy atom. The lowest BCUT2D eigenvalue weighted by Gasteiger charge is -2.23. The van der Waals surface area contributed by atoms with Gasteiger partial charge in [-0.2, -0.15) is 0 Å². The van der Waals surface area contributed by atoms with Gasteiger partial charge < -0.3 is 5.11 Å². The Labute approximate surface area is 150 Å². The predicted molar refractivity (Wildman–Crippen MR) is 105 cm³/mol. The van der Waals surface area contributed by atoms with Crippen molar-refractivity contribution in [2.24, 2.45) is 0 Å². The fraction of sp³-hybridized carbons (Fsp3) is 0.167.